The molecule has 1 aromatic carbocycles. The van der Waals surface area contributed by atoms with Gasteiger partial charge >= 0.3 is 0 Å². The van der Waals surface area contributed by atoms with Gasteiger partial charge in [0, 0.05) is 12.1 Å². The number of hydrogen-bond donors (Lipinski definition) is 3. The van der Waals surface area contributed by atoms with Crippen LogP contribution in [0.5, 0.6) is 0 Å². The average Bonchev–Trinajstić information content (AvgIpc) is 3.32. The minimum absolute atomic E-state index is 0.193. The first-order chi connectivity index (χ1) is 12.5. The maximum absolute atomic E-state index is 12.2. The Labute approximate surface area is 152 Å². The van der Waals surface area contributed by atoms with Gasteiger partial charge in [-0.2, -0.15) is 0 Å². The van der Waals surface area contributed by atoms with Crippen LogP contribution in [0.4, 0.5) is 5.00 Å². The highest BCUT2D eigenvalue weighted by atomic mass is 32.1. The predicted octanol–water partition coefficient (Wildman–Crippen LogP) is 2.62. The van der Waals surface area contributed by atoms with E-state index in [0.29, 0.717) is 15.4 Å². The number of nitrogens with two attached hydrogens (primary N) is 1. The van der Waals surface area contributed by atoms with Crippen LogP contribution in [0.15, 0.2) is 59.2 Å². The lowest BCUT2D eigenvalue weighted by Crippen LogP contribution is -2.22. The van der Waals surface area contributed by atoms with Gasteiger partial charge in [-0.05, 0) is 42.0 Å². The third-order valence-electron chi connectivity index (χ3n) is 3.48. The molecule has 0 unspecified atom stereocenters. The van der Waals surface area contributed by atoms with Crippen molar-refractivity contribution in [3.63, 3.8) is 0 Å². The van der Waals surface area contributed by atoms with Gasteiger partial charge in [0.25, 0.3) is 11.8 Å². The lowest BCUT2D eigenvalue weighted by Gasteiger charge is -2.05. The van der Waals surface area contributed by atoms with Gasteiger partial charge in [0.15, 0.2) is 5.76 Å². The smallest absolute Gasteiger partial charge is 0.291 e. The Morgan fingerprint density at radius 2 is 1.88 bits per heavy atom. The summed E-state index contributed by atoms with van der Waals surface area (Å²) in [6.07, 6.45) is 1.41. The Hall–Kier alpha value is -3.39. The first kappa shape index (κ1) is 17.4. The number of thiophene rings is 1. The van der Waals surface area contributed by atoms with Crippen molar-refractivity contribution < 1.29 is 18.8 Å². The van der Waals surface area contributed by atoms with E-state index in [1.807, 2.05) is 0 Å². The van der Waals surface area contributed by atoms with Crippen LogP contribution in [-0.2, 0) is 6.54 Å². The molecule has 0 bridgehead atoms. The summed E-state index contributed by atoms with van der Waals surface area (Å²) in [4.78, 5) is 35.8. The number of carbonyl (C=O) groups is 3. The zero-order valence-corrected chi connectivity index (χ0v) is 14.3. The standard InChI is InChI=1S/C18H15N3O4S/c19-16(22)12-4-1-3-11(9-12)10-20-18(24)14-6-7-15(26-14)21-17(23)13-5-2-8-25-13/h1-9H,10H2,(H2,19,22)(H,20,24)(H,21,23). The molecule has 3 amide bonds. The van der Waals surface area contributed by atoms with Gasteiger partial charge in [0.05, 0.1) is 16.1 Å². The molecule has 4 N–H and O–H groups in total. The second-order valence-electron chi connectivity index (χ2n) is 5.34. The zero-order chi connectivity index (χ0) is 18.5. The van der Waals surface area contributed by atoms with Crippen molar-refractivity contribution in [2.24, 2.45) is 5.73 Å². The molecule has 8 heteroatoms. The Morgan fingerprint density at radius 3 is 2.62 bits per heavy atom. The lowest BCUT2D eigenvalue weighted by atomic mass is 10.1. The molecule has 0 radical (unpaired) electrons. The molecule has 2 heterocycles. The lowest BCUT2D eigenvalue weighted by molar-refractivity contribution is 0.0953. The van der Waals surface area contributed by atoms with Crippen molar-refractivity contribution in [2.75, 3.05) is 5.32 Å². The summed E-state index contributed by atoms with van der Waals surface area (Å²) in [5.41, 5.74) is 6.39. The van der Waals surface area contributed by atoms with Crippen LogP contribution in [0.2, 0.25) is 0 Å². The highest BCUT2D eigenvalue weighted by Crippen LogP contribution is 2.22. The van der Waals surface area contributed by atoms with E-state index in [4.69, 9.17) is 10.2 Å². The van der Waals surface area contributed by atoms with Gasteiger partial charge < -0.3 is 20.8 Å². The maximum Gasteiger partial charge on any atom is 0.291 e. The molecular weight excluding hydrogens is 354 g/mol. The molecule has 3 rings (SSSR count). The molecule has 3 aromatic rings. The first-order valence-corrected chi connectivity index (χ1v) is 8.46. The number of carbonyl (C=O) groups excluding carboxylic acids is 3. The number of benzene rings is 1. The zero-order valence-electron chi connectivity index (χ0n) is 13.5. The Bertz CT molecular complexity index is 947. The molecule has 0 aliphatic heterocycles. The van der Waals surface area contributed by atoms with Gasteiger partial charge in [-0.15, -0.1) is 11.3 Å². The molecule has 132 valence electrons. The summed E-state index contributed by atoms with van der Waals surface area (Å²) in [7, 11) is 0. The van der Waals surface area contributed by atoms with Crippen LogP contribution in [0.3, 0.4) is 0 Å². The van der Waals surface area contributed by atoms with Crippen LogP contribution >= 0.6 is 11.3 Å². The van der Waals surface area contributed by atoms with Gasteiger partial charge in [-0.1, -0.05) is 12.1 Å². The fourth-order valence-corrected chi connectivity index (χ4v) is 3.03. The number of primary amides is 1. The topological polar surface area (TPSA) is 114 Å². The first-order valence-electron chi connectivity index (χ1n) is 7.64. The molecule has 0 aliphatic rings. The van der Waals surface area contributed by atoms with E-state index < -0.39 is 5.91 Å². The molecule has 7 nitrogen and oxygen atoms in total. The van der Waals surface area contributed by atoms with Crippen LogP contribution in [0.25, 0.3) is 0 Å². The number of hydrogen-bond acceptors (Lipinski definition) is 5. The summed E-state index contributed by atoms with van der Waals surface area (Å²) < 4.78 is 5.02. The van der Waals surface area contributed by atoms with Gasteiger partial charge in [-0.25, -0.2) is 0 Å². The molecule has 26 heavy (non-hydrogen) atoms. The van der Waals surface area contributed by atoms with E-state index >= 15 is 0 Å². The number of amides is 3. The SMILES string of the molecule is NC(=O)c1cccc(CNC(=O)c2ccc(NC(=O)c3ccco3)s2)c1. The van der Waals surface area contributed by atoms with Crippen molar-refractivity contribution in [1.82, 2.24) is 5.32 Å². The van der Waals surface area contributed by atoms with Gasteiger partial charge in [0.1, 0.15) is 0 Å². The van der Waals surface area contributed by atoms with Crippen molar-refractivity contribution in [2.45, 2.75) is 6.54 Å². The van der Waals surface area contributed by atoms with Crippen molar-refractivity contribution in [1.29, 1.82) is 0 Å². The molecule has 0 saturated carbocycles. The molecule has 0 aliphatic carbocycles. The predicted molar refractivity (Wildman–Crippen MR) is 97.1 cm³/mol. The molecule has 0 atom stereocenters. The van der Waals surface area contributed by atoms with E-state index in [9.17, 15) is 14.4 Å². The fraction of sp³-hybridized carbons (Fsp3) is 0.0556. The Kier molecular flexibility index (Phi) is 5.14. The molecule has 0 saturated heterocycles. The third kappa shape index (κ3) is 4.17. The average molecular weight is 369 g/mol. The van der Waals surface area contributed by atoms with Crippen LogP contribution in [-0.4, -0.2) is 17.7 Å². The number of furan rings is 1. The van der Waals surface area contributed by atoms with Crippen LogP contribution < -0.4 is 16.4 Å². The van der Waals surface area contributed by atoms with E-state index in [-0.39, 0.29) is 24.1 Å². The van der Waals surface area contributed by atoms with E-state index in [1.54, 1.807) is 48.5 Å². The summed E-state index contributed by atoms with van der Waals surface area (Å²) >= 11 is 1.15. The quantitative estimate of drug-likeness (QED) is 0.619. The highest BCUT2D eigenvalue weighted by Gasteiger charge is 2.13. The largest absolute Gasteiger partial charge is 0.459 e. The molecule has 0 fully saturated rings. The van der Waals surface area contributed by atoms with Gasteiger partial charge in [-0.3, -0.25) is 14.4 Å². The van der Waals surface area contributed by atoms with E-state index in [0.717, 1.165) is 16.9 Å². The summed E-state index contributed by atoms with van der Waals surface area (Å²) in [5, 5.41) is 5.97. The summed E-state index contributed by atoms with van der Waals surface area (Å²) in [6.45, 7) is 0.256. The van der Waals surface area contributed by atoms with Crippen molar-refractivity contribution in [3.05, 3.63) is 76.6 Å². The van der Waals surface area contributed by atoms with Crippen molar-refractivity contribution >= 4 is 34.1 Å². The maximum atomic E-state index is 12.2. The van der Waals surface area contributed by atoms with Crippen LogP contribution in [0, 0.1) is 0 Å². The summed E-state index contributed by atoms with van der Waals surface area (Å²) in [6, 6.07) is 13.2. The minimum Gasteiger partial charge on any atom is -0.459 e. The van der Waals surface area contributed by atoms with E-state index in [2.05, 4.69) is 10.6 Å². The Balaban J connectivity index is 1.59. The minimum atomic E-state index is -0.520. The third-order valence-corrected chi connectivity index (χ3v) is 4.48. The molecule has 2 aromatic heterocycles. The van der Waals surface area contributed by atoms with Gasteiger partial charge in [0.2, 0.25) is 5.91 Å². The fourth-order valence-electron chi connectivity index (χ4n) is 2.21. The second-order valence-corrected chi connectivity index (χ2v) is 6.43. The summed E-state index contributed by atoms with van der Waals surface area (Å²) in [5.74, 6) is -0.989. The monoisotopic (exact) mass is 369 g/mol. The van der Waals surface area contributed by atoms with E-state index in [1.165, 1.54) is 6.26 Å². The highest BCUT2D eigenvalue weighted by molar-refractivity contribution is 7.18. The number of anilines is 1. The second kappa shape index (κ2) is 7.66. The molecular formula is C18H15N3O4S. The number of nitrogens with one attached hydrogen (secondary N) is 2. The molecule has 0 spiro atoms. The normalized spacial score (nSPS) is 10.3. The Morgan fingerprint density at radius 1 is 1.04 bits per heavy atom. The number of rotatable bonds is 6. The van der Waals surface area contributed by atoms with Crippen LogP contribution in [0.1, 0.15) is 36.1 Å². The van der Waals surface area contributed by atoms with Crippen molar-refractivity contribution in [3.8, 4) is 0 Å².